The van der Waals surface area contributed by atoms with Crippen LogP contribution in [0.3, 0.4) is 0 Å². The van der Waals surface area contributed by atoms with Crippen molar-refractivity contribution in [2.75, 3.05) is 27.3 Å². The predicted molar refractivity (Wildman–Crippen MR) is 141 cm³/mol. The Bertz CT molecular complexity index is 1410. The van der Waals surface area contributed by atoms with Crippen LogP contribution in [0.25, 0.3) is 33.6 Å². The number of carbonyl (C=O) groups excluding carboxylic acids is 1. The van der Waals surface area contributed by atoms with Gasteiger partial charge in [-0.25, -0.2) is 14.8 Å². The molecular weight excluding hydrogens is 482 g/mol. The second kappa shape index (κ2) is 10.0. The lowest BCUT2D eigenvalue weighted by Gasteiger charge is -2.45. The molecule has 4 heterocycles. The Kier molecular flexibility index (Phi) is 6.40. The number of nitrogens with zero attached hydrogens (tertiary/aromatic N) is 7. The van der Waals surface area contributed by atoms with E-state index in [9.17, 15) is 4.79 Å². The molecule has 3 aromatic heterocycles. The third-order valence-corrected chi connectivity index (χ3v) is 7.44. The van der Waals surface area contributed by atoms with Crippen LogP contribution in [0.5, 0.6) is 0 Å². The van der Waals surface area contributed by atoms with Gasteiger partial charge in [0, 0.05) is 80.0 Å². The molecule has 2 bridgehead atoms. The van der Waals surface area contributed by atoms with Crippen LogP contribution in [-0.2, 0) is 16.5 Å². The molecule has 10 heteroatoms. The van der Waals surface area contributed by atoms with Gasteiger partial charge >= 0.3 is 6.09 Å². The number of hydrogen-bond acceptors (Lipinski definition) is 7. The second-order valence-electron chi connectivity index (χ2n) is 10.4. The van der Waals surface area contributed by atoms with E-state index in [0.29, 0.717) is 19.0 Å². The highest BCUT2D eigenvalue weighted by Gasteiger charge is 2.44. The largest absolute Gasteiger partial charge is 0.446 e. The number of amides is 1. The number of fused-ring (bicyclic) bond motifs is 2. The van der Waals surface area contributed by atoms with Crippen LogP contribution in [0.4, 0.5) is 4.79 Å². The molecule has 0 unspecified atom stereocenters. The summed E-state index contributed by atoms with van der Waals surface area (Å²) >= 11 is 0. The van der Waals surface area contributed by atoms with Gasteiger partial charge in [0.2, 0.25) is 0 Å². The minimum Gasteiger partial charge on any atom is -0.446 e. The number of hydrogen-bond donors (Lipinski definition) is 0. The normalized spacial score (nSPS) is 22.7. The van der Waals surface area contributed by atoms with Gasteiger partial charge in [-0.3, -0.25) is 9.36 Å². The van der Waals surface area contributed by atoms with Crippen LogP contribution in [0, 0.1) is 11.8 Å². The van der Waals surface area contributed by atoms with Gasteiger partial charge in [-0.15, -0.1) is 0 Å². The quantitative estimate of drug-likeness (QED) is 0.397. The molecule has 1 saturated carbocycles. The minimum atomic E-state index is -0.291. The van der Waals surface area contributed by atoms with Crippen LogP contribution < -0.4 is 0 Å². The summed E-state index contributed by atoms with van der Waals surface area (Å²) in [4.78, 5) is 22.9. The van der Waals surface area contributed by atoms with E-state index in [1.54, 1.807) is 18.8 Å². The first-order valence-electron chi connectivity index (χ1n) is 12.9. The van der Waals surface area contributed by atoms with Crippen LogP contribution in [0.15, 0.2) is 61.4 Å². The molecule has 2 atom stereocenters. The van der Waals surface area contributed by atoms with E-state index >= 15 is 0 Å². The van der Waals surface area contributed by atoms with Crippen molar-refractivity contribution in [3.8, 4) is 33.6 Å². The molecular formula is C28H31N7O3. The number of rotatable bonds is 5. The Hall–Kier alpha value is -4.05. The summed E-state index contributed by atoms with van der Waals surface area (Å²) in [5.74, 6) is 1.14. The highest BCUT2D eigenvalue weighted by Crippen LogP contribution is 2.43. The minimum absolute atomic E-state index is 0.0901. The number of benzene rings is 1. The van der Waals surface area contributed by atoms with Crippen molar-refractivity contribution in [3.05, 3.63) is 61.4 Å². The Morgan fingerprint density at radius 3 is 2.29 bits per heavy atom. The van der Waals surface area contributed by atoms with Gasteiger partial charge in [-0.2, -0.15) is 10.2 Å². The summed E-state index contributed by atoms with van der Waals surface area (Å²) in [7, 11) is 5.32. The topological polar surface area (TPSA) is 100 Å². The van der Waals surface area contributed by atoms with E-state index in [1.807, 2.05) is 50.2 Å². The van der Waals surface area contributed by atoms with Gasteiger partial charge < -0.3 is 14.4 Å². The van der Waals surface area contributed by atoms with Gasteiger partial charge in [0.15, 0.2) is 5.82 Å². The molecule has 4 aromatic rings. The molecule has 1 aliphatic carbocycles. The van der Waals surface area contributed by atoms with Gasteiger partial charge in [-0.05, 0) is 24.5 Å². The molecule has 1 amide bonds. The standard InChI is InChI=1S/C28H31N7O3/c1-33(2)28(36)38-25-8-20-16-37-17-21(9-25)26(20)35-15-24(13-32-35)22-10-29-27(30-11-22)19-6-4-5-18(7-19)23-12-31-34(3)14-23/h4-7,10-15,20-21,25-26H,8-9,16-17H2,1-3H3/t20-,21-,25?,26?/m1/s1. The fourth-order valence-corrected chi connectivity index (χ4v) is 5.60. The lowest BCUT2D eigenvalue weighted by Crippen LogP contribution is -2.46. The molecule has 0 N–H and O–H groups in total. The molecule has 196 valence electrons. The van der Waals surface area contributed by atoms with Crippen molar-refractivity contribution in [1.82, 2.24) is 34.4 Å². The van der Waals surface area contributed by atoms with Crippen LogP contribution in [-0.4, -0.2) is 73.9 Å². The third-order valence-electron chi connectivity index (χ3n) is 7.44. The summed E-state index contributed by atoms with van der Waals surface area (Å²) in [6.45, 7) is 1.28. The molecule has 2 fully saturated rings. The summed E-state index contributed by atoms with van der Waals surface area (Å²) < 4.78 is 15.4. The van der Waals surface area contributed by atoms with Crippen molar-refractivity contribution in [2.45, 2.75) is 25.0 Å². The average molecular weight is 514 g/mol. The Morgan fingerprint density at radius 1 is 0.921 bits per heavy atom. The number of ether oxygens (including phenoxy) is 2. The number of aromatic nitrogens is 6. The monoisotopic (exact) mass is 513 g/mol. The summed E-state index contributed by atoms with van der Waals surface area (Å²) in [6.07, 6.45) is 12.6. The highest BCUT2D eigenvalue weighted by atomic mass is 16.6. The molecule has 6 rings (SSSR count). The Labute approximate surface area is 221 Å². The lowest BCUT2D eigenvalue weighted by molar-refractivity contribution is -0.0927. The van der Waals surface area contributed by atoms with Crippen molar-refractivity contribution in [1.29, 1.82) is 0 Å². The van der Waals surface area contributed by atoms with Crippen molar-refractivity contribution in [2.24, 2.45) is 18.9 Å². The first-order chi connectivity index (χ1) is 18.4. The van der Waals surface area contributed by atoms with Gasteiger partial charge in [-0.1, -0.05) is 18.2 Å². The van der Waals surface area contributed by atoms with Crippen molar-refractivity contribution >= 4 is 6.09 Å². The molecule has 2 aliphatic rings. The maximum absolute atomic E-state index is 12.1. The van der Waals surface area contributed by atoms with Crippen molar-refractivity contribution < 1.29 is 14.3 Å². The second-order valence-corrected chi connectivity index (χ2v) is 10.4. The van der Waals surface area contributed by atoms with E-state index in [2.05, 4.69) is 38.1 Å². The first kappa shape index (κ1) is 24.3. The van der Waals surface area contributed by atoms with Gasteiger partial charge in [0.1, 0.15) is 6.10 Å². The fourth-order valence-electron chi connectivity index (χ4n) is 5.60. The zero-order chi connectivity index (χ0) is 26.2. The Morgan fingerprint density at radius 2 is 1.61 bits per heavy atom. The predicted octanol–water partition coefficient (Wildman–Crippen LogP) is 4.07. The van der Waals surface area contributed by atoms with Gasteiger partial charge in [0.05, 0.1) is 31.6 Å². The molecule has 0 spiro atoms. The molecule has 1 aromatic carbocycles. The zero-order valence-electron chi connectivity index (χ0n) is 21.8. The third kappa shape index (κ3) is 4.79. The maximum Gasteiger partial charge on any atom is 0.409 e. The zero-order valence-corrected chi connectivity index (χ0v) is 21.8. The molecule has 38 heavy (non-hydrogen) atoms. The van der Waals surface area contributed by atoms with Crippen LogP contribution in [0.2, 0.25) is 0 Å². The fraction of sp³-hybridized carbons (Fsp3) is 0.393. The first-order valence-corrected chi connectivity index (χ1v) is 12.9. The summed E-state index contributed by atoms with van der Waals surface area (Å²) in [5, 5.41) is 8.99. The average Bonchev–Trinajstić information content (AvgIpc) is 3.58. The van der Waals surface area contributed by atoms with Gasteiger partial charge in [0.25, 0.3) is 0 Å². The molecule has 10 nitrogen and oxygen atoms in total. The van der Waals surface area contributed by atoms with E-state index in [0.717, 1.165) is 40.7 Å². The van der Waals surface area contributed by atoms with E-state index in [4.69, 9.17) is 14.6 Å². The van der Waals surface area contributed by atoms with E-state index < -0.39 is 0 Å². The SMILES string of the molecule is CN(C)C(=O)OC1C[C@@H]2COC[C@@H](C1)C2n1cc(-c2cnc(-c3cccc(-c4cnn(C)c4)c3)nc2)cn1. The lowest BCUT2D eigenvalue weighted by atomic mass is 9.74. The molecule has 1 saturated heterocycles. The number of carbonyl (C=O) groups is 1. The molecule has 1 aliphatic heterocycles. The van der Waals surface area contributed by atoms with Crippen LogP contribution >= 0.6 is 0 Å². The van der Waals surface area contributed by atoms with E-state index in [1.165, 1.54) is 4.90 Å². The smallest absolute Gasteiger partial charge is 0.409 e. The maximum atomic E-state index is 12.1. The highest BCUT2D eigenvalue weighted by molar-refractivity contribution is 5.70. The number of aryl methyl sites for hydroxylation is 1. The summed E-state index contributed by atoms with van der Waals surface area (Å²) in [6, 6.07) is 8.37. The van der Waals surface area contributed by atoms with Crippen molar-refractivity contribution in [3.63, 3.8) is 0 Å². The molecule has 0 radical (unpaired) electrons. The Balaban J connectivity index is 1.18. The van der Waals surface area contributed by atoms with E-state index in [-0.39, 0.29) is 30.1 Å². The summed E-state index contributed by atoms with van der Waals surface area (Å²) in [5.41, 5.74) is 4.97. The van der Waals surface area contributed by atoms with Crippen LogP contribution in [0.1, 0.15) is 18.9 Å².